The van der Waals surface area contributed by atoms with Crippen LogP contribution in [0.4, 0.5) is 4.79 Å². The van der Waals surface area contributed by atoms with E-state index in [2.05, 4.69) is 16.0 Å². The van der Waals surface area contributed by atoms with Gasteiger partial charge in [-0.3, -0.25) is 9.59 Å². The van der Waals surface area contributed by atoms with Crippen molar-refractivity contribution in [3.63, 3.8) is 0 Å². The van der Waals surface area contributed by atoms with Crippen molar-refractivity contribution in [1.82, 2.24) is 20.9 Å². The Morgan fingerprint density at radius 2 is 1.96 bits per heavy atom. The van der Waals surface area contributed by atoms with Gasteiger partial charge in [0.1, 0.15) is 0 Å². The lowest BCUT2D eigenvalue weighted by Crippen LogP contribution is -2.42. The Bertz CT molecular complexity index is 447. The van der Waals surface area contributed by atoms with Crippen LogP contribution in [0.1, 0.15) is 45.4 Å². The van der Waals surface area contributed by atoms with Crippen LogP contribution in [-0.4, -0.2) is 55.5 Å². The Morgan fingerprint density at radius 3 is 2.58 bits per heavy atom. The van der Waals surface area contributed by atoms with Gasteiger partial charge in [0.05, 0.1) is 5.92 Å². The van der Waals surface area contributed by atoms with Crippen LogP contribution in [0.3, 0.4) is 0 Å². The third-order valence-electron chi connectivity index (χ3n) is 4.91. The highest BCUT2D eigenvalue weighted by Gasteiger charge is 2.32. The predicted octanol–water partition coefficient (Wildman–Crippen LogP) is 0.851. The highest BCUT2D eigenvalue weighted by molar-refractivity contribution is 5.89. The van der Waals surface area contributed by atoms with Crippen molar-refractivity contribution in [3.8, 4) is 0 Å². The maximum absolute atomic E-state index is 12.4. The van der Waals surface area contributed by atoms with Crippen LogP contribution in [0, 0.1) is 11.8 Å². The number of amides is 4. The summed E-state index contributed by atoms with van der Waals surface area (Å²) in [6.45, 7) is 5.38. The van der Waals surface area contributed by atoms with Gasteiger partial charge in [-0.25, -0.2) is 4.79 Å². The number of unbranched alkanes of at least 4 members (excludes halogenated alkanes) is 1. The first-order chi connectivity index (χ1) is 11.6. The van der Waals surface area contributed by atoms with Crippen LogP contribution in [-0.2, 0) is 9.59 Å². The van der Waals surface area contributed by atoms with Crippen molar-refractivity contribution >= 4 is 17.8 Å². The van der Waals surface area contributed by atoms with E-state index in [1.165, 1.54) is 0 Å². The Morgan fingerprint density at radius 1 is 1.21 bits per heavy atom. The maximum Gasteiger partial charge on any atom is 0.314 e. The van der Waals surface area contributed by atoms with Gasteiger partial charge in [0.25, 0.3) is 0 Å². The summed E-state index contributed by atoms with van der Waals surface area (Å²) in [6.07, 6.45) is 5.69. The Kier molecular flexibility index (Phi) is 7.34. The summed E-state index contributed by atoms with van der Waals surface area (Å²) in [4.78, 5) is 36.8. The first-order valence-electron chi connectivity index (χ1n) is 9.17. The van der Waals surface area contributed by atoms with Gasteiger partial charge in [0, 0.05) is 39.1 Å². The van der Waals surface area contributed by atoms with E-state index < -0.39 is 0 Å². The zero-order valence-corrected chi connectivity index (χ0v) is 14.6. The maximum atomic E-state index is 12.4. The quantitative estimate of drug-likeness (QED) is 0.601. The Hall–Kier alpha value is -1.79. The molecule has 4 amide bonds. The minimum atomic E-state index is -0.158. The summed E-state index contributed by atoms with van der Waals surface area (Å²) in [5.74, 6) is 0.638. The number of hydrogen-bond donors (Lipinski definition) is 3. The van der Waals surface area contributed by atoms with E-state index in [0.717, 1.165) is 45.2 Å². The molecule has 0 aromatic rings. The van der Waals surface area contributed by atoms with Crippen molar-refractivity contribution in [2.24, 2.45) is 11.8 Å². The fourth-order valence-electron chi connectivity index (χ4n) is 3.46. The van der Waals surface area contributed by atoms with Crippen LogP contribution in [0.5, 0.6) is 0 Å². The van der Waals surface area contributed by atoms with Crippen molar-refractivity contribution in [1.29, 1.82) is 0 Å². The third kappa shape index (κ3) is 5.69. The first-order valence-corrected chi connectivity index (χ1v) is 9.17. The number of urea groups is 1. The monoisotopic (exact) mass is 338 g/mol. The normalized spacial score (nSPS) is 21.5. The van der Waals surface area contributed by atoms with Gasteiger partial charge in [-0.1, -0.05) is 12.8 Å². The molecule has 7 nitrogen and oxygen atoms in total. The second-order valence-electron chi connectivity index (χ2n) is 6.76. The van der Waals surface area contributed by atoms with E-state index in [-0.39, 0.29) is 23.8 Å². The van der Waals surface area contributed by atoms with E-state index in [0.29, 0.717) is 32.0 Å². The van der Waals surface area contributed by atoms with Gasteiger partial charge in [-0.15, -0.1) is 0 Å². The largest absolute Gasteiger partial charge is 0.355 e. The van der Waals surface area contributed by atoms with Gasteiger partial charge in [0.2, 0.25) is 11.8 Å². The lowest BCUT2D eigenvalue weighted by Gasteiger charge is -2.33. The van der Waals surface area contributed by atoms with Crippen molar-refractivity contribution < 1.29 is 14.4 Å². The topological polar surface area (TPSA) is 90.5 Å². The molecule has 2 aliphatic heterocycles. The SMILES string of the molecule is CCNC(=O)NCCCCC1CCN(C(=O)C2CNC(=O)C2)CC1. The Balaban J connectivity index is 1.55. The smallest absolute Gasteiger partial charge is 0.314 e. The molecule has 0 aromatic carbocycles. The molecule has 136 valence electrons. The molecule has 7 heteroatoms. The highest BCUT2D eigenvalue weighted by atomic mass is 16.2. The molecular weight excluding hydrogens is 308 g/mol. The summed E-state index contributed by atoms with van der Waals surface area (Å²) in [5, 5.41) is 8.29. The second-order valence-corrected chi connectivity index (χ2v) is 6.76. The lowest BCUT2D eigenvalue weighted by atomic mass is 9.91. The van der Waals surface area contributed by atoms with E-state index in [1.54, 1.807) is 0 Å². The van der Waals surface area contributed by atoms with E-state index >= 15 is 0 Å². The summed E-state index contributed by atoms with van der Waals surface area (Å²) in [7, 11) is 0. The lowest BCUT2D eigenvalue weighted by molar-refractivity contribution is -0.137. The summed E-state index contributed by atoms with van der Waals surface area (Å²) in [5.41, 5.74) is 0. The number of carbonyl (C=O) groups is 3. The van der Waals surface area contributed by atoms with Crippen LogP contribution in [0.25, 0.3) is 0 Å². The molecule has 2 fully saturated rings. The zero-order chi connectivity index (χ0) is 17.4. The second kappa shape index (κ2) is 9.49. The van der Waals surface area contributed by atoms with Crippen LogP contribution < -0.4 is 16.0 Å². The molecule has 0 radical (unpaired) electrons. The molecule has 0 saturated carbocycles. The standard InChI is InChI=1S/C17H30N4O3/c1-2-18-17(24)19-8-4-3-5-13-6-9-21(10-7-13)16(23)14-11-15(22)20-12-14/h13-14H,2-12H2,1H3,(H,20,22)(H2,18,19,24). The minimum absolute atomic E-state index is 0.00976. The van der Waals surface area contributed by atoms with Crippen LogP contribution in [0.2, 0.25) is 0 Å². The average Bonchev–Trinajstić information content (AvgIpc) is 3.01. The number of carbonyl (C=O) groups excluding carboxylic acids is 3. The van der Waals surface area contributed by atoms with Gasteiger partial charge in [-0.05, 0) is 32.1 Å². The number of nitrogens with one attached hydrogen (secondary N) is 3. The number of nitrogens with zero attached hydrogens (tertiary/aromatic N) is 1. The summed E-state index contributed by atoms with van der Waals surface area (Å²) >= 11 is 0. The molecule has 24 heavy (non-hydrogen) atoms. The molecule has 0 bridgehead atoms. The average molecular weight is 338 g/mol. The van der Waals surface area contributed by atoms with Gasteiger partial charge < -0.3 is 20.9 Å². The van der Waals surface area contributed by atoms with Crippen LogP contribution >= 0.6 is 0 Å². The van der Waals surface area contributed by atoms with E-state index in [4.69, 9.17) is 0 Å². The molecule has 3 N–H and O–H groups in total. The molecular formula is C17H30N4O3. The van der Waals surface area contributed by atoms with E-state index in [9.17, 15) is 14.4 Å². The van der Waals surface area contributed by atoms with Crippen molar-refractivity contribution in [2.75, 3.05) is 32.7 Å². The number of piperidine rings is 1. The van der Waals surface area contributed by atoms with Gasteiger partial charge in [0.15, 0.2) is 0 Å². The van der Waals surface area contributed by atoms with Gasteiger partial charge >= 0.3 is 6.03 Å². The molecule has 1 atom stereocenters. The Labute approximate surface area is 143 Å². The summed E-state index contributed by atoms with van der Waals surface area (Å²) in [6, 6.07) is -0.0933. The fourth-order valence-corrected chi connectivity index (χ4v) is 3.46. The molecule has 0 spiro atoms. The number of likely N-dealkylation sites (tertiary alicyclic amines) is 1. The number of rotatable bonds is 7. The zero-order valence-electron chi connectivity index (χ0n) is 14.6. The fraction of sp³-hybridized carbons (Fsp3) is 0.824. The van der Waals surface area contributed by atoms with Gasteiger partial charge in [-0.2, -0.15) is 0 Å². The third-order valence-corrected chi connectivity index (χ3v) is 4.91. The molecule has 2 heterocycles. The molecule has 0 aromatic heterocycles. The highest BCUT2D eigenvalue weighted by Crippen LogP contribution is 2.24. The first kappa shape index (κ1) is 18.5. The molecule has 2 aliphatic rings. The molecule has 1 unspecified atom stereocenters. The molecule has 2 rings (SSSR count). The minimum Gasteiger partial charge on any atom is -0.355 e. The predicted molar refractivity (Wildman–Crippen MR) is 91.3 cm³/mol. The van der Waals surface area contributed by atoms with E-state index in [1.807, 2.05) is 11.8 Å². The van der Waals surface area contributed by atoms with Crippen molar-refractivity contribution in [3.05, 3.63) is 0 Å². The number of hydrogen-bond acceptors (Lipinski definition) is 3. The molecule has 2 saturated heterocycles. The van der Waals surface area contributed by atoms with Crippen molar-refractivity contribution in [2.45, 2.75) is 45.4 Å². The summed E-state index contributed by atoms with van der Waals surface area (Å²) < 4.78 is 0. The molecule has 0 aliphatic carbocycles. The van der Waals surface area contributed by atoms with Crippen LogP contribution in [0.15, 0.2) is 0 Å².